The number of nitrogens with zero attached hydrogens (tertiary/aromatic N) is 11. The van der Waals surface area contributed by atoms with Gasteiger partial charge in [0.05, 0.1) is 30.2 Å². The molecule has 4 unspecified atom stereocenters. The lowest BCUT2D eigenvalue weighted by atomic mass is 9.84. The third-order valence-corrected chi connectivity index (χ3v) is 15.6. The van der Waals surface area contributed by atoms with Gasteiger partial charge in [-0.1, -0.05) is 65.0 Å². The number of carbonyl (C=O) groups is 2. The Morgan fingerprint density at radius 1 is 0.726 bits per heavy atom. The van der Waals surface area contributed by atoms with Crippen LogP contribution in [0.3, 0.4) is 0 Å². The lowest BCUT2D eigenvalue weighted by Gasteiger charge is -2.33. The minimum absolute atomic E-state index is 0.0428. The molecule has 0 spiro atoms. The van der Waals surface area contributed by atoms with Gasteiger partial charge in [0, 0.05) is 87.7 Å². The smallest absolute Gasteiger partial charge is 0.314 e. The zero-order valence-corrected chi connectivity index (χ0v) is 42.2. The normalized spacial score (nSPS) is 20.2. The molecule has 5 atom stereocenters. The van der Waals surface area contributed by atoms with Crippen LogP contribution in [0.1, 0.15) is 132 Å². The van der Waals surface area contributed by atoms with Crippen LogP contribution in [-0.2, 0) is 54.4 Å². The summed E-state index contributed by atoms with van der Waals surface area (Å²) in [4.78, 5) is 48.1. The zero-order chi connectivity index (χ0) is 50.1. The van der Waals surface area contributed by atoms with Gasteiger partial charge in [0.2, 0.25) is 11.8 Å². The molecule has 0 N–H and O–H groups in total. The molecule has 73 heavy (non-hydrogen) atoms. The molecule has 2 aliphatic carbocycles. The average molecular weight is 978 g/mol. The number of benzene rings is 3. The van der Waals surface area contributed by atoms with E-state index in [0.29, 0.717) is 36.1 Å². The van der Waals surface area contributed by atoms with Gasteiger partial charge in [0.1, 0.15) is 28.3 Å². The fraction of sp³-hybridized carbons (Fsp3) is 0.386. The zero-order valence-electron chi connectivity index (χ0n) is 42.2. The molecule has 8 aromatic rings. The minimum Gasteiger partial charge on any atom is -0.473 e. The lowest BCUT2D eigenvalue weighted by Crippen LogP contribution is -2.41. The van der Waals surface area contributed by atoms with Gasteiger partial charge in [-0.15, -0.1) is 10.2 Å². The number of esters is 2. The molecule has 7 heterocycles. The molecule has 0 saturated heterocycles. The van der Waals surface area contributed by atoms with E-state index in [4.69, 9.17) is 19.2 Å². The van der Waals surface area contributed by atoms with Crippen molar-refractivity contribution in [1.82, 2.24) is 54.7 Å². The van der Waals surface area contributed by atoms with Gasteiger partial charge in [0.25, 0.3) is 0 Å². The van der Waals surface area contributed by atoms with Gasteiger partial charge in [-0.05, 0) is 122 Å². The topological polar surface area (TPSA) is 168 Å². The first kappa shape index (κ1) is 46.6. The van der Waals surface area contributed by atoms with Gasteiger partial charge in [-0.3, -0.25) is 24.4 Å². The Morgan fingerprint density at radius 2 is 1.36 bits per heavy atom. The Labute approximate surface area is 423 Å². The van der Waals surface area contributed by atoms with Crippen molar-refractivity contribution in [3.05, 3.63) is 159 Å². The van der Waals surface area contributed by atoms with Gasteiger partial charge in [-0.2, -0.15) is 0 Å². The number of hydrogen-bond donors (Lipinski definition) is 0. The van der Waals surface area contributed by atoms with Crippen LogP contribution in [0.5, 0.6) is 11.8 Å². The highest BCUT2D eigenvalue weighted by Crippen LogP contribution is 2.44. The Balaban J connectivity index is 0.849. The Bertz CT molecular complexity index is 3460. The summed E-state index contributed by atoms with van der Waals surface area (Å²) in [5.74, 6) is -0.877. The van der Waals surface area contributed by atoms with Crippen molar-refractivity contribution < 1.29 is 23.8 Å². The lowest BCUT2D eigenvalue weighted by molar-refractivity contribution is -0.160. The minimum atomic E-state index is -0.634. The summed E-state index contributed by atoms with van der Waals surface area (Å²) in [5.41, 5.74) is 14.1. The molecule has 372 valence electrons. The molecule has 4 aliphatic rings. The highest BCUT2D eigenvalue weighted by atomic mass is 16.6. The first-order valence-electron chi connectivity index (χ1n) is 25.5. The first-order valence-corrected chi connectivity index (χ1v) is 25.5. The van der Waals surface area contributed by atoms with Crippen LogP contribution in [0.4, 0.5) is 0 Å². The van der Waals surface area contributed by atoms with E-state index < -0.39 is 29.4 Å². The van der Waals surface area contributed by atoms with E-state index in [-0.39, 0.29) is 31.0 Å². The number of carbonyl (C=O) groups excluding carboxylic acids is 2. The Kier molecular flexibility index (Phi) is 11.9. The molecule has 0 fully saturated rings. The molecule has 0 amide bonds. The number of ether oxygens (including phenoxy) is 3. The highest BCUT2D eigenvalue weighted by Gasteiger charge is 2.38. The van der Waals surface area contributed by atoms with Gasteiger partial charge in [0.15, 0.2) is 0 Å². The molecule has 0 bridgehead atoms. The summed E-state index contributed by atoms with van der Waals surface area (Å²) in [5, 5.41) is 17.5. The maximum atomic E-state index is 14.5. The van der Waals surface area contributed by atoms with Crippen LogP contribution in [-0.4, -0.2) is 91.5 Å². The van der Waals surface area contributed by atoms with Crippen molar-refractivity contribution in [2.45, 2.75) is 115 Å². The fourth-order valence-electron chi connectivity index (χ4n) is 12.1. The monoisotopic (exact) mass is 977 g/mol. The van der Waals surface area contributed by atoms with E-state index in [2.05, 4.69) is 116 Å². The molecular formula is C57H59N11O5. The highest BCUT2D eigenvalue weighted by molar-refractivity contribution is 5.87. The van der Waals surface area contributed by atoms with Crippen molar-refractivity contribution in [2.24, 2.45) is 14.1 Å². The summed E-state index contributed by atoms with van der Waals surface area (Å²) >= 11 is 0. The third-order valence-electron chi connectivity index (χ3n) is 15.6. The number of rotatable bonds is 10. The third kappa shape index (κ3) is 8.90. The maximum absolute atomic E-state index is 14.5. The molecule has 5 aromatic heterocycles. The van der Waals surface area contributed by atoms with E-state index in [1.54, 1.807) is 28.0 Å². The summed E-state index contributed by atoms with van der Waals surface area (Å²) in [6.07, 6.45) is 8.86. The standard InChI is InChI=1S/C57H59N11O5/c1-33-29-67(30-39-9-7-21-58-55(39)71-33)48-18-15-35-11-13-37(23-44(35)48)42(41-17-20-50-54(34(41)2)62-64-65(50)5)25-52(69)72-53(70)26-43(46-27-47-51(28-60-46)66(6)63-61-47)38-14-12-36-16-19-49(45(36)24-38)68-31-40-10-8-22-59-56(40)73-57(3,4)32-68/h7-14,17,20-24,27-28,33,42-43,48-49H,15-16,18-19,25-26,29-32H2,1-6H3/t33-,42?,43?,48?,49?/m1/s1. The summed E-state index contributed by atoms with van der Waals surface area (Å²) < 4.78 is 22.1. The second-order valence-electron chi connectivity index (χ2n) is 21.1. The molecule has 16 heteroatoms. The van der Waals surface area contributed by atoms with Crippen molar-refractivity contribution >= 4 is 34.0 Å². The van der Waals surface area contributed by atoms with Crippen LogP contribution in [0, 0.1) is 6.92 Å². The molecule has 0 radical (unpaired) electrons. The number of pyridine rings is 3. The first-order chi connectivity index (χ1) is 35.3. The predicted octanol–water partition coefficient (Wildman–Crippen LogP) is 8.49. The van der Waals surface area contributed by atoms with Crippen LogP contribution in [0.15, 0.2) is 97.5 Å². The van der Waals surface area contributed by atoms with Crippen molar-refractivity contribution in [1.29, 1.82) is 0 Å². The molecule has 16 nitrogen and oxygen atoms in total. The van der Waals surface area contributed by atoms with Gasteiger partial charge >= 0.3 is 11.9 Å². The summed E-state index contributed by atoms with van der Waals surface area (Å²) in [6.45, 7) is 11.2. The van der Waals surface area contributed by atoms with E-state index in [0.717, 1.165) is 88.7 Å². The second-order valence-corrected chi connectivity index (χ2v) is 21.1. The van der Waals surface area contributed by atoms with Crippen molar-refractivity contribution in [2.75, 3.05) is 13.1 Å². The Morgan fingerprint density at radius 3 is 2.10 bits per heavy atom. The second kappa shape index (κ2) is 18.6. The van der Waals surface area contributed by atoms with Crippen LogP contribution in [0.2, 0.25) is 0 Å². The summed E-state index contributed by atoms with van der Waals surface area (Å²) in [6, 6.07) is 27.4. The SMILES string of the molecule is Cc1c(C(CC(=O)OC(=O)CC(c2ccc3c(c2)C(N2Cc4cccnc4OC(C)(C)C2)CC3)c2cc3nnn(C)c3cn2)c2ccc3c(c2)C(N2Cc4cccnc4O[C@H](C)C2)CC3)ccc2c1nnn2C. The number of fused-ring (bicyclic) bond motifs is 6. The average Bonchev–Trinajstić information content (AvgIpc) is 4.14. The molecular weight excluding hydrogens is 919 g/mol. The van der Waals surface area contributed by atoms with E-state index in [9.17, 15) is 9.59 Å². The quantitative estimate of drug-likeness (QED) is 0.0945. The molecule has 12 rings (SSSR count). The van der Waals surface area contributed by atoms with E-state index in [1.165, 1.54) is 22.3 Å². The van der Waals surface area contributed by atoms with Gasteiger partial charge < -0.3 is 14.2 Å². The van der Waals surface area contributed by atoms with Crippen molar-refractivity contribution in [3.63, 3.8) is 0 Å². The van der Waals surface area contributed by atoms with E-state index >= 15 is 0 Å². The summed E-state index contributed by atoms with van der Waals surface area (Å²) in [7, 11) is 3.70. The van der Waals surface area contributed by atoms with Crippen LogP contribution >= 0.6 is 0 Å². The van der Waals surface area contributed by atoms with E-state index in [1.807, 2.05) is 45.3 Å². The molecule has 2 aliphatic heterocycles. The largest absolute Gasteiger partial charge is 0.473 e. The van der Waals surface area contributed by atoms with Crippen LogP contribution < -0.4 is 9.47 Å². The van der Waals surface area contributed by atoms with Crippen molar-refractivity contribution in [3.8, 4) is 11.8 Å². The number of hydrogen-bond acceptors (Lipinski definition) is 14. The number of aryl methyl sites for hydroxylation is 5. The fourth-order valence-corrected chi connectivity index (χ4v) is 12.1. The van der Waals surface area contributed by atoms with Crippen LogP contribution in [0.25, 0.3) is 22.1 Å². The Hall–Kier alpha value is -7.43. The number of aromatic nitrogens is 9. The molecule has 3 aromatic carbocycles. The maximum Gasteiger partial charge on any atom is 0.314 e. The van der Waals surface area contributed by atoms with Gasteiger partial charge in [-0.25, -0.2) is 19.3 Å². The molecule has 0 saturated carbocycles. The predicted molar refractivity (Wildman–Crippen MR) is 273 cm³/mol.